The van der Waals surface area contributed by atoms with Gasteiger partial charge in [-0.15, -0.1) is 0 Å². The topological polar surface area (TPSA) is 96.5 Å². The molecule has 0 unspecified atom stereocenters. The smallest absolute Gasteiger partial charge is 0.422 e. The van der Waals surface area contributed by atoms with E-state index >= 15 is 0 Å². The fraction of sp³-hybridized carbons (Fsp3) is 0.538. The van der Waals surface area contributed by atoms with Gasteiger partial charge in [0, 0.05) is 18.9 Å². The van der Waals surface area contributed by atoms with E-state index < -0.39 is 17.7 Å². The fourth-order valence-electron chi connectivity index (χ4n) is 1.92. The highest BCUT2D eigenvalue weighted by molar-refractivity contribution is 5.98. The lowest BCUT2D eigenvalue weighted by molar-refractivity contribution is -0.119. The molecule has 1 atom stereocenters. The van der Waals surface area contributed by atoms with Crippen molar-refractivity contribution in [3.05, 3.63) is 18.6 Å². The Labute approximate surface area is 122 Å². The van der Waals surface area contributed by atoms with Gasteiger partial charge in [0.15, 0.2) is 5.82 Å². The van der Waals surface area contributed by atoms with Gasteiger partial charge in [0.2, 0.25) is 5.91 Å². The Kier molecular flexibility index (Phi) is 4.37. The summed E-state index contributed by atoms with van der Waals surface area (Å²) in [5.74, 6) is 0.343. The largest absolute Gasteiger partial charge is 0.443 e. The average molecular weight is 293 g/mol. The molecular formula is C13H19N5O3. The SMILES string of the molecule is CC(C)(C)OC(=O)NN[C@H]1CCN(c2cnccn2)C1=O. The van der Waals surface area contributed by atoms with Crippen LogP contribution < -0.4 is 15.8 Å². The summed E-state index contributed by atoms with van der Waals surface area (Å²) < 4.78 is 5.08. The van der Waals surface area contributed by atoms with Crippen LogP contribution in [0.4, 0.5) is 10.6 Å². The Hall–Kier alpha value is -2.22. The summed E-state index contributed by atoms with van der Waals surface area (Å²) in [6.45, 7) is 5.82. The predicted molar refractivity (Wildman–Crippen MR) is 75.3 cm³/mol. The number of rotatable bonds is 3. The molecule has 1 aliphatic heterocycles. The molecule has 1 saturated heterocycles. The van der Waals surface area contributed by atoms with Crippen molar-refractivity contribution >= 4 is 17.8 Å². The van der Waals surface area contributed by atoms with E-state index in [4.69, 9.17) is 4.74 Å². The van der Waals surface area contributed by atoms with Crippen LogP contribution >= 0.6 is 0 Å². The Morgan fingerprint density at radius 3 is 2.81 bits per heavy atom. The van der Waals surface area contributed by atoms with Crippen molar-refractivity contribution in [2.75, 3.05) is 11.4 Å². The Morgan fingerprint density at radius 2 is 2.19 bits per heavy atom. The molecular weight excluding hydrogens is 274 g/mol. The second-order valence-corrected chi connectivity index (χ2v) is 5.67. The van der Waals surface area contributed by atoms with Crippen LogP contribution in [0, 0.1) is 0 Å². The van der Waals surface area contributed by atoms with E-state index in [1.54, 1.807) is 27.0 Å². The maximum absolute atomic E-state index is 12.2. The van der Waals surface area contributed by atoms with Crippen LogP contribution in [0.25, 0.3) is 0 Å². The maximum Gasteiger partial charge on any atom is 0.422 e. The molecule has 114 valence electrons. The van der Waals surface area contributed by atoms with Gasteiger partial charge in [-0.1, -0.05) is 0 Å². The molecule has 0 spiro atoms. The Balaban J connectivity index is 1.87. The molecule has 8 heteroatoms. The van der Waals surface area contributed by atoms with Crippen LogP contribution in [-0.4, -0.2) is 40.2 Å². The van der Waals surface area contributed by atoms with Crippen LogP contribution in [0.1, 0.15) is 27.2 Å². The zero-order valence-corrected chi connectivity index (χ0v) is 12.3. The number of carbonyl (C=O) groups excluding carboxylic acids is 2. The lowest BCUT2D eigenvalue weighted by Gasteiger charge is -2.21. The van der Waals surface area contributed by atoms with Crippen molar-refractivity contribution in [3.63, 3.8) is 0 Å². The van der Waals surface area contributed by atoms with Crippen molar-refractivity contribution in [1.29, 1.82) is 0 Å². The number of anilines is 1. The van der Waals surface area contributed by atoms with Crippen LogP contribution in [0.3, 0.4) is 0 Å². The molecule has 1 aliphatic rings. The van der Waals surface area contributed by atoms with E-state index in [1.807, 2.05) is 0 Å². The zero-order chi connectivity index (χ0) is 15.5. The normalized spacial score (nSPS) is 18.7. The van der Waals surface area contributed by atoms with Gasteiger partial charge in [0.1, 0.15) is 11.6 Å². The summed E-state index contributed by atoms with van der Waals surface area (Å²) in [4.78, 5) is 33.3. The molecule has 8 nitrogen and oxygen atoms in total. The minimum atomic E-state index is -0.617. The van der Waals surface area contributed by atoms with E-state index in [0.29, 0.717) is 18.8 Å². The molecule has 1 fully saturated rings. The number of nitrogens with zero attached hydrogens (tertiary/aromatic N) is 3. The monoisotopic (exact) mass is 293 g/mol. The molecule has 1 aromatic rings. The standard InChI is InChI=1S/C13H19N5O3/c1-13(2,3)21-12(20)17-16-9-4-7-18(11(9)19)10-8-14-5-6-15-10/h5-6,8-9,16H,4,7H2,1-3H3,(H,17,20)/t9-/m0/s1. The second kappa shape index (κ2) is 6.04. The molecule has 0 radical (unpaired) electrons. The molecule has 2 amide bonds. The third kappa shape index (κ3) is 4.12. The first kappa shape index (κ1) is 15.2. The van der Waals surface area contributed by atoms with E-state index in [0.717, 1.165) is 0 Å². The molecule has 0 aromatic carbocycles. The van der Waals surface area contributed by atoms with Crippen molar-refractivity contribution in [1.82, 2.24) is 20.8 Å². The maximum atomic E-state index is 12.2. The summed E-state index contributed by atoms with van der Waals surface area (Å²) in [5.41, 5.74) is 4.49. The number of hydrogen-bond donors (Lipinski definition) is 2. The second-order valence-electron chi connectivity index (χ2n) is 5.67. The third-order valence-corrected chi connectivity index (χ3v) is 2.78. The number of hydrogen-bond acceptors (Lipinski definition) is 6. The first-order chi connectivity index (χ1) is 9.87. The van der Waals surface area contributed by atoms with E-state index in [2.05, 4.69) is 20.8 Å². The molecule has 0 saturated carbocycles. The molecule has 2 rings (SSSR count). The third-order valence-electron chi connectivity index (χ3n) is 2.78. The van der Waals surface area contributed by atoms with Gasteiger partial charge in [0.05, 0.1) is 6.20 Å². The first-order valence-corrected chi connectivity index (χ1v) is 6.69. The number of amides is 2. The minimum absolute atomic E-state index is 0.161. The van der Waals surface area contributed by atoms with Gasteiger partial charge in [-0.25, -0.2) is 15.2 Å². The van der Waals surface area contributed by atoms with Gasteiger partial charge < -0.3 is 4.74 Å². The summed E-state index contributed by atoms with van der Waals surface area (Å²) in [6, 6.07) is -0.500. The zero-order valence-electron chi connectivity index (χ0n) is 12.3. The number of aromatic nitrogens is 2. The summed E-state index contributed by atoms with van der Waals surface area (Å²) >= 11 is 0. The van der Waals surface area contributed by atoms with Crippen molar-refractivity contribution in [2.45, 2.75) is 38.8 Å². The number of carbonyl (C=O) groups is 2. The fourth-order valence-corrected chi connectivity index (χ4v) is 1.92. The van der Waals surface area contributed by atoms with Gasteiger partial charge in [-0.2, -0.15) is 0 Å². The molecule has 0 bridgehead atoms. The van der Waals surface area contributed by atoms with E-state index in [9.17, 15) is 9.59 Å². The first-order valence-electron chi connectivity index (χ1n) is 6.69. The Bertz CT molecular complexity index is 514. The van der Waals surface area contributed by atoms with Crippen LogP contribution in [-0.2, 0) is 9.53 Å². The van der Waals surface area contributed by atoms with Crippen molar-refractivity contribution < 1.29 is 14.3 Å². The molecule has 21 heavy (non-hydrogen) atoms. The van der Waals surface area contributed by atoms with Crippen LogP contribution in [0.15, 0.2) is 18.6 Å². The number of ether oxygens (including phenoxy) is 1. The summed E-state index contributed by atoms with van der Waals surface area (Å²) in [5, 5.41) is 0. The van der Waals surface area contributed by atoms with E-state index in [-0.39, 0.29) is 5.91 Å². The lowest BCUT2D eigenvalue weighted by Crippen LogP contribution is -2.49. The van der Waals surface area contributed by atoms with E-state index in [1.165, 1.54) is 17.3 Å². The summed E-state index contributed by atoms with van der Waals surface area (Å²) in [6.07, 6.45) is 4.55. The minimum Gasteiger partial charge on any atom is -0.443 e. The van der Waals surface area contributed by atoms with Crippen LogP contribution in [0.2, 0.25) is 0 Å². The van der Waals surface area contributed by atoms with Gasteiger partial charge >= 0.3 is 6.09 Å². The van der Waals surface area contributed by atoms with Gasteiger partial charge in [-0.3, -0.25) is 20.1 Å². The lowest BCUT2D eigenvalue weighted by atomic mass is 10.2. The number of nitrogens with one attached hydrogen (secondary N) is 2. The molecule has 2 N–H and O–H groups in total. The predicted octanol–water partition coefficient (Wildman–Crippen LogP) is 0.611. The molecule has 0 aliphatic carbocycles. The number of hydrazine groups is 1. The highest BCUT2D eigenvalue weighted by Gasteiger charge is 2.33. The van der Waals surface area contributed by atoms with Gasteiger partial charge in [0.25, 0.3) is 0 Å². The Morgan fingerprint density at radius 1 is 1.43 bits per heavy atom. The van der Waals surface area contributed by atoms with Gasteiger partial charge in [-0.05, 0) is 27.2 Å². The van der Waals surface area contributed by atoms with Crippen LogP contribution in [0.5, 0.6) is 0 Å². The van der Waals surface area contributed by atoms with Crippen molar-refractivity contribution in [2.24, 2.45) is 0 Å². The summed E-state index contributed by atoms with van der Waals surface area (Å²) in [7, 11) is 0. The molecule has 1 aromatic heterocycles. The highest BCUT2D eigenvalue weighted by Crippen LogP contribution is 2.17. The molecule has 2 heterocycles. The van der Waals surface area contributed by atoms with Crippen molar-refractivity contribution in [3.8, 4) is 0 Å². The quantitative estimate of drug-likeness (QED) is 0.793. The average Bonchev–Trinajstić information content (AvgIpc) is 2.77. The highest BCUT2D eigenvalue weighted by atomic mass is 16.6.